The van der Waals surface area contributed by atoms with E-state index in [1.165, 1.54) is 17.3 Å². The van der Waals surface area contributed by atoms with Gasteiger partial charge in [0.05, 0.1) is 34.8 Å². The van der Waals surface area contributed by atoms with Crippen LogP contribution in [0.4, 0.5) is 25.8 Å². The number of amides is 2. The van der Waals surface area contributed by atoms with Gasteiger partial charge in [0, 0.05) is 49.7 Å². The Bertz CT molecular complexity index is 1450. The van der Waals surface area contributed by atoms with Crippen LogP contribution in [-0.4, -0.2) is 57.8 Å². The summed E-state index contributed by atoms with van der Waals surface area (Å²) in [7, 11) is 3.28. The van der Waals surface area contributed by atoms with Gasteiger partial charge in [-0.2, -0.15) is 0 Å². The van der Waals surface area contributed by atoms with Crippen molar-refractivity contribution in [3.8, 4) is 0 Å². The highest BCUT2D eigenvalue weighted by Crippen LogP contribution is 2.22. The standard InChI is InChI=1S/C27H29F2N5O6S/c1-15(2)40-27(37)23(32-25(35)19-12-21(29)22(13-20(19)28)33-41(38)39)11-16-5-7-17(8-6-16)34(4)26(36)18-9-10-31-14-24(18)30-3/h5-10,12-15,23,30,33H,11H2,1-4H3,(H,32,35)(H,38,39)/p-1/t23-/m0/s1. The van der Waals surface area contributed by atoms with Gasteiger partial charge in [0.1, 0.15) is 17.7 Å². The number of carbonyl (C=O) groups excluding carboxylic acids is 3. The van der Waals surface area contributed by atoms with E-state index < -0.39 is 58.2 Å². The van der Waals surface area contributed by atoms with Crippen molar-refractivity contribution in [3.05, 3.63) is 83.2 Å². The van der Waals surface area contributed by atoms with Crippen LogP contribution in [0.15, 0.2) is 54.9 Å². The maximum absolute atomic E-state index is 14.6. The first-order valence-electron chi connectivity index (χ1n) is 12.3. The molecule has 0 aliphatic carbocycles. The lowest BCUT2D eigenvalue weighted by Crippen LogP contribution is -2.44. The Hall–Kier alpha value is -4.43. The van der Waals surface area contributed by atoms with E-state index in [0.29, 0.717) is 34.6 Å². The summed E-state index contributed by atoms with van der Waals surface area (Å²) < 4.78 is 57.3. The van der Waals surface area contributed by atoms with E-state index in [-0.39, 0.29) is 12.3 Å². The number of pyridine rings is 1. The Balaban J connectivity index is 1.80. The van der Waals surface area contributed by atoms with Crippen molar-refractivity contribution in [1.82, 2.24) is 10.3 Å². The zero-order valence-corrected chi connectivity index (χ0v) is 23.4. The van der Waals surface area contributed by atoms with E-state index in [0.717, 1.165) is 0 Å². The van der Waals surface area contributed by atoms with E-state index in [2.05, 4.69) is 15.6 Å². The van der Waals surface area contributed by atoms with Gasteiger partial charge in [-0.05, 0) is 43.7 Å². The average molecular weight is 589 g/mol. The summed E-state index contributed by atoms with van der Waals surface area (Å²) in [6.45, 7) is 3.23. The van der Waals surface area contributed by atoms with Crippen LogP contribution in [0, 0.1) is 11.6 Å². The minimum atomic E-state index is -2.91. The molecule has 0 radical (unpaired) electrons. The molecule has 218 valence electrons. The van der Waals surface area contributed by atoms with Crippen molar-refractivity contribution >= 4 is 46.1 Å². The molecule has 41 heavy (non-hydrogen) atoms. The van der Waals surface area contributed by atoms with E-state index in [1.807, 2.05) is 0 Å². The Morgan fingerprint density at radius 2 is 1.73 bits per heavy atom. The number of hydrogen-bond acceptors (Lipinski definition) is 8. The quantitative estimate of drug-likeness (QED) is 0.228. The number of aromatic nitrogens is 1. The van der Waals surface area contributed by atoms with Crippen LogP contribution >= 0.6 is 0 Å². The Morgan fingerprint density at radius 3 is 2.34 bits per heavy atom. The second-order valence-corrected chi connectivity index (χ2v) is 9.74. The number of esters is 1. The van der Waals surface area contributed by atoms with Gasteiger partial charge >= 0.3 is 5.97 Å². The third kappa shape index (κ3) is 8.05. The summed E-state index contributed by atoms with van der Waals surface area (Å²) in [5, 5.41) is 5.29. The molecular formula is C27H28F2N5O6S-. The van der Waals surface area contributed by atoms with Crippen molar-refractivity contribution in [2.45, 2.75) is 32.4 Å². The lowest BCUT2D eigenvalue weighted by atomic mass is 10.0. The van der Waals surface area contributed by atoms with Gasteiger partial charge in [-0.25, -0.2) is 13.6 Å². The third-order valence-electron chi connectivity index (χ3n) is 5.83. The van der Waals surface area contributed by atoms with Crippen molar-refractivity contribution in [2.24, 2.45) is 0 Å². The van der Waals surface area contributed by atoms with Crippen LogP contribution in [0.25, 0.3) is 0 Å². The molecule has 2 atom stereocenters. The van der Waals surface area contributed by atoms with Gasteiger partial charge in [0.2, 0.25) is 0 Å². The normalized spacial score (nSPS) is 12.3. The fourth-order valence-electron chi connectivity index (χ4n) is 3.80. The molecule has 3 aromatic rings. The Labute approximate surface area is 237 Å². The molecule has 0 saturated heterocycles. The number of hydrogen-bond donors (Lipinski definition) is 3. The first-order valence-corrected chi connectivity index (χ1v) is 13.3. The Kier molecular flexibility index (Phi) is 10.4. The molecule has 0 aliphatic rings. The molecule has 0 fully saturated rings. The maximum atomic E-state index is 14.6. The molecule has 0 bridgehead atoms. The van der Waals surface area contributed by atoms with Crippen LogP contribution in [-0.2, 0) is 27.2 Å². The van der Waals surface area contributed by atoms with Crippen LogP contribution in [0.3, 0.4) is 0 Å². The van der Waals surface area contributed by atoms with E-state index >= 15 is 0 Å². The first kappa shape index (κ1) is 31.1. The minimum Gasteiger partial charge on any atom is -0.755 e. The molecule has 1 heterocycles. The molecule has 14 heteroatoms. The zero-order chi connectivity index (χ0) is 30.3. The number of ether oxygens (including phenoxy) is 1. The lowest BCUT2D eigenvalue weighted by molar-refractivity contribution is -0.149. The fourth-order valence-corrected chi connectivity index (χ4v) is 4.14. The molecule has 3 rings (SSSR count). The minimum absolute atomic E-state index is 0.0671. The number of nitrogens with zero attached hydrogens (tertiary/aromatic N) is 2. The number of nitrogens with one attached hydrogen (secondary N) is 3. The molecule has 2 aromatic carbocycles. The summed E-state index contributed by atoms with van der Waals surface area (Å²) in [5.74, 6) is -4.60. The third-order valence-corrected chi connectivity index (χ3v) is 6.21. The number of halogens is 2. The molecule has 2 amide bonds. The summed E-state index contributed by atoms with van der Waals surface area (Å²) in [6.07, 6.45) is 2.46. The van der Waals surface area contributed by atoms with Crippen LogP contribution in [0.2, 0.25) is 0 Å². The molecule has 0 saturated carbocycles. The van der Waals surface area contributed by atoms with Crippen molar-refractivity contribution in [2.75, 3.05) is 29.0 Å². The summed E-state index contributed by atoms with van der Waals surface area (Å²) in [5.41, 5.74) is 0.683. The highest BCUT2D eigenvalue weighted by atomic mass is 32.2. The lowest BCUT2D eigenvalue weighted by Gasteiger charge is -2.21. The number of carbonyl (C=O) groups is 3. The summed E-state index contributed by atoms with van der Waals surface area (Å²) in [6, 6.07) is 7.96. The van der Waals surface area contributed by atoms with E-state index in [9.17, 15) is 31.9 Å². The van der Waals surface area contributed by atoms with Crippen LogP contribution in [0.5, 0.6) is 0 Å². The summed E-state index contributed by atoms with van der Waals surface area (Å²) in [4.78, 5) is 44.1. The van der Waals surface area contributed by atoms with Crippen LogP contribution < -0.4 is 20.3 Å². The molecule has 0 aliphatic heterocycles. The first-order chi connectivity index (χ1) is 19.4. The number of benzene rings is 2. The van der Waals surface area contributed by atoms with Crippen molar-refractivity contribution in [1.29, 1.82) is 0 Å². The van der Waals surface area contributed by atoms with Gasteiger partial charge in [-0.3, -0.25) is 18.8 Å². The second-order valence-electron chi connectivity index (χ2n) is 9.07. The summed E-state index contributed by atoms with van der Waals surface area (Å²) >= 11 is -2.91. The monoisotopic (exact) mass is 588 g/mol. The number of anilines is 3. The predicted octanol–water partition coefficient (Wildman–Crippen LogP) is 3.18. The Morgan fingerprint density at radius 1 is 1.05 bits per heavy atom. The maximum Gasteiger partial charge on any atom is 0.329 e. The topological polar surface area (TPSA) is 153 Å². The molecule has 1 unspecified atom stereocenters. The second kappa shape index (κ2) is 13.8. The molecule has 0 spiro atoms. The van der Waals surface area contributed by atoms with Gasteiger partial charge in [-0.15, -0.1) is 0 Å². The van der Waals surface area contributed by atoms with Gasteiger partial charge in [0.15, 0.2) is 0 Å². The molecule has 3 N–H and O–H groups in total. The van der Waals surface area contributed by atoms with E-state index in [4.69, 9.17) is 4.74 Å². The van der Waals surface area contributed by atoms with Crippen LogP contribution in [0.1, 0.15) is 40.1 Å². The molecule has 1 aromatic heterocycles. The predicted molar refractivity (Wildman–Crippen MR) is 148 cm³/mol. The highest BCUT2D eigenvalue weighted by molar-refractivity contribution is 7.80. The van der Waals surface area contributed by atoms with Gasteiger partial charge in [0.25, 0.3) is 11.8 Å². The smallest absolute Gasteiger partial charge is 0.329 e. The number of rotatable bonds is 11. The van der Waals surface area contributed by atoms with Gasteiger partial charge < -0.3 is 29.5 Å². The molecular weight excluding hydrogens is 560 g/mol. The van der Waals surface area contributed by atoms with Crippen molar-refractivity contribution < 1.29 is 36.7 Å². The zero-order valence-electron chi connectivity index (χ0n) is 22.6. The van der Waals surface area contributed by atoms with Crippen molar-refractivity contribution in [3.63, 3.8) is 0 Å². The van der Waals surface area contributed by atoms with E-state index in [1.54, 1.807) is 63.0 Å². The average Bonchev–Trinajstić information content (AvgIpc) is 2.93. The van der Waals surface area contributed by atoms with Gasteiger partial charge in [-0.1, -0.05) is 12.1 Å². The highest BCUT2D eigenvalue weighted by Gasteiger charge is 2.27. The largest absolute Gasteiger partial charge is 0.755 e. The fraction of sp³-hybridized carbons (Fsp3) is 0.259. The SMILES string of the molecule is CNc1cnccc1C(=O)N(C)c1ccc(C[C@H](NC(=O)c2cc(F)c(NS(=O)[O-])cc2F)C(=O)OC(C)C)cc1. The molecule has 11 nitrogen and oxygen atoms in total.